The second kappa shape index (κ2) is 6.46. The van der Waals surface area contributed by atoms with Gasteiger partial charge in [0.15, 0.2) is 0 Å². The van der Waals surface area contributed by atoms with Crippen molar-refractivity contribution in [1.82, 2.24) is 9.80 Å². The predicted molar refractivity (Wildman–Crippen MR) is 82.2 cm³/mol. The van der Waals surface area contributed by atoms with Crippen LogP contribution in [-0.4, -0.2) is 55.7 Å². The average Bonchev–Trinajstić information content (AvgIpc) is 3.06. The van der Waals surface area contributed by atoms with E-state index in [1.807, 2.05) is 12.1 Å². The molecule has 4 heteroatoms. The molecule has 0 aliphatic carbocycles. The number of nitriles is 1. The zero-order chi connectivity index (χ0) is 14.7. The molecular weight excluding hydrogens is 262 g/mol. The number of hydrogen-bond acceptors (Lipinski definition) is 4. The summed E-state index contributed by atoms with van der Waals surface area (Å²) in [5.74, 6) is 2.57. The van der Waals surface area contributed by atoms with Crippen molar-refractivity contribution in [2.24, 2.45) is 11.8 Å². The third-order valence-electron chi connectivity index (χ3n) is 4.74. The number of hydrogen-bond donors (Lipinski definition) is 0. The van der Waals surface area contributed by atoms with Gasteiger partial charge in [-0.15, -0.1) is 0 Å². The molecule has 0 bridgehead atoms. The maximum absolute atomic E-state index is 8.76. The van der Waals surface area contributed by atoms with Crippen molar-refractivity contribution in [2.75, 3.05) is 45.9 Å². The fourth-order valence-electron chi connectivity index (χ4n) is 3.55. The Morgan fingerprint density at radius 3 is 2.29 bits per heavy atom. The van der Waals surface area contributed by atoms with Crippen LogP contribution in [0.5, 0.6) is 5.75 Å². The molecule has 1 aromatic carbocycles. The van der Waals surface area contributed by atoms with E-state index in [2.05, 4.69) is 22.8 Å². The van der Waals surface area contributed by atoms with Gasteiger partial charge >= 0.3 is 0 Å². The zero-order valence-electron chi connectivity index (χ0n) is 12.7. The molecule has 2 saturated heterocycles. The van der Waals surface area contributed by atoms with Crippen molar-refractivity contribution in [3.63, 3.8) is 0 Å². The summed E-state index contributed by atoms with van der Waals surface area (Å²) < 4.78 is 5.77. The first-order valence-electron chi connectivity index (χ1n) is 7.86. The van der Waals surface area contributed by atoms with Crippen molar-refractivity contribution < 1.29 is 4.74 Å². The summed E-state index contributed by atoms with van der Waals surface area (Å²) in [5.41, 5.74) is 0.676. The van der Waals surface area contributed by atoms with E-state index in [-0.39, 0.29) is 0 Å². The molecule has 2 heterocycles. The van der Waals surface area contributed by atoms with E-state index >= 15 is 0 Å². The standard InChI is InChI=1S/C17H23N3O/c1-2-19-10-15-12-20(13-16(15)11-19)7-8-21-17-5-3-14(9-18)4-6-17/h3-6,15-16H,2,7-8,10-13H2,1H3. The van der Waals surface area contributed by atoms with Crippen LogP contribution in [0.25, 0.3) is 0 Å². The number of likely N-dealkylation sites (tertiary alicyclic amines) is 2. The highest BCUT2D eigenvalue weighted by atomic mass is 16.5. The molecule has 0 spiro atoms. The first kappa shape index (κ1) is 14.4. The van der Waals surface area contributed by atoms with Gasteiger partial charge in [0.05, 0.1) is 11.6 Å². The normalized spacial score (nSPS) is 25.7. The van der Waals surface area contributed by atoms with Gasteiger partial charge in [0.25, 0.3) is 0 Å². The summed E-state index contributed by atoms with van der Waals surface area (Å²) in [6.07, 6.45) is 0. The molecule has 2 atom stereocenters. The molecule has 0 aromatic heterocycles. The van der Waals surface area contributed by atoms with Crippen molar-refractivity contribution in [1.29, 1.82) is 5.26 Å². The third kappa shape index (κ3) is 3.37. The molecular formula is C17H23N3O. The highest BCUT2D eigenvalue weighted by Gasteiger charge is 2.38. The number of ether oxygens (including phenoxy) is 1. The largest absolute Gasteiger partial charge is 0.492 e. The van der Waals surface area contributed by atoms with E-state index in [9.17, 15) is 0 Å². The zero-order valence-corrected chi connectivity index (χ0v) is 12.7. The van der Waals surface area contributed by atoms with Crippen molar-refractivity contribution >= 4 is 0 Å². The van der Waals surface area contributed by atoms with Crippen LogP contribution in [-0.2, 0) is 0 Å². The summed E-state index contributed by atoms with van der Waals surface area (Å²) in [6.45, 7) is 10.2. The molecule has 2 aliphatic rings. The van der Waals surface area contributed by atoms with Gasteiger partial charge in [-0.3, -0.25) is 4.90 Å². The van der Waals surface area contributed by atoms with Crippen LogP contribution in [0, 0.1) is 23.2 Å². The van der Waals surface area contributed by atoms with E-state index in [0.717, 1.165) is 30.7 Å². The van der Waals surface area contributed by atoms with Crippen molar-refractivity contribution in [2.45, 2.75) is 6.92 Å². The van der Waals surface area contributed by atoms with Gasteiger partial charge in [-0.1, -0.05) is 6.92 Å². The molecule has 21 heavy (non-hydrogen) atoms. The molecule has 2 fully saturated rings. The minimum Gasteiger partial charge on any atom is -0.492 e. The number of nitrogens with zero attached hydrogens (tertiary/aromatic N) is 3. The number of rotatable bonds is 5. The van der Waals surface area contributed by atoms with Crippen LogP contribution in [0.3, 0.4) is 0 Å². The number of benzene rings is 1. The molecule has 1 aromatic rings. The predicted octanol–water partition coefficient (Wildman–Crippen LogP) is 1.82. The maximum Gasteiger partial charge on any atom is 0.119 e. The Kier molecular flexibility index (Phi) is 4.42. The summed E-state index contributed by atoms with van der Waals surface area (Å²) >= 11 is 0. The van der Waals surface area contributed by atoms with E-state index in [0.29, 0.717) is 5.56 Å². The summed E-state index contributed by atoms with van der Waals surface area (Å²) in [4.78, 5) is 5.10. The van der Waals surface area contributed by atoms with Crippen molar-refractivity contribution in [3.8, 4) is 11.8 Å². The topological polar surface area (TPSA) is 39.5 Å². The Morgan fingerprint density at radius 1 is 1.10 bits per heavy atom. The molecule has 4 nitrogen and oxygen atoms in total. The number of fused-ring (bicyclic) bond motifs is 1. The molecule has 112 valence electrons. The Bertz CT molecular complexity index is 494. The van der Waals surface area contributed by atoms with Gasteiger partial charge < -0.3 is 9.64 Å². The van der Waals surface area contributed by atoms with Gasteiger partial charge in [-0.25, -0.2) is 0 Å². The Labute approximate surface area is 126 Å². The summed E-state index contributed by atoms with van der Waals surface area (Å²) in [6, 6.07) is 9.46. The first-order chi connectivity index (χ1) is 10.3. The van der Waals surface area contributed by atoms with E-state index in [1.165, 1.54) is 32.7 Å². The molecule has 2 unspecified atom stereocenters. The smallest absolute Gasteiger partial charge is 0.119 e. The minimum atomic E-state index is 0.676. The van der Waals surface area contributed by atoms with Gasteiger partial charge in [0, 0.05) is 32.7 Å². The third-order valence-corrected chi connectivity index (χ3v) is 4.74. The lowest BCUT2D eigenvalue weighted by molar-refractivity contribution is 0.213. The molecule has 2 aliphatic heterocycles. The summed E-state index contributed by atoms with van der Waals surface area (Å²) in [7, 11) is 0. The average molecular weight is 285 g/mol. The Hall–Kier alpha value is -1.57. The van der Waals surface area contributed by atoms with Crippen molar-refractivity contribution in [3.05, 3.63) is 29.8 Å². The van der Waals surface area contributed by atoms with Crippen LogP contribution in [0.2, 0.25) is 0 Å². The van der Waals surface area contributed by atoms with Gasteiger partial charge in [0.2, 0.25) is 0 Å². The highest BCUT2D eigenvalue weighted by molar-refractivity contribution is 5.34. The quantitative estimate of drug-likeness (QED) is 0.827. The van der Waals surface area contributed by atoms with E-state index in [1.54, 1.807) is 12.1 Å². The fourth-order valence-corrected chi connectivity index (χ4v) is 3.55. The molecule has 0 amide bonds. The lowest BCUT2D eigenvalue weighted by atomic mass is 10.0. The van der Waals surface area contributed by atoms with Crippen LogP contribution in [0.4, 0.5) is 0 Å². The minimum absolute atomic E-state index is 0.676. The highest BCUT2D eigenvalue weighted by Crippen LogP contribution is 2.30. The Morgan fingerprint density at radius 2 is 1.71 bits per heavy atom. The first-order valence-corrected chi connectivity index (χ1v) is 7.86. The van der Waals surface area contributed by atoms with Gasteiger partial charge in [-0.2, -0.15) is 5.26 Å². The fraction of sp³-hybridized carbons (Fsp3) is 0.588. The van der Waals surface area contributed by atoms with Gasteiger partial charge in [0.1, 0.15) is 12.4 Å². The van der Waals surface area contributed by atoms with Crippen LogP contribution in [0.15, 0.2) is 24.3 Å². The second-order valence-corrected chi connectivity index (χ2v) is 6.12. The maximum atomic E-state index is 8.76. The SMILES string of the molecule is CCN1CC2CN(CCOc3ccc(C#N)cc3)CC2C1. The van der Waals surface area contributed by atoms with Crippen LogP contribution >= 0.6 is 0 Å². The second-order valence-electron chi connectivity index (χ2n) is 6.12. The lowest BCUT2D eigenvalue weighted by Gasteiger charge is -2.20. The van der Waals surface area contributed by atoms with Gasteiger partial charge in [-0.05, 0) is 42.6 Å². The van der Waals surface area contributed by atoms with Crippen LogP contribution < -0.4 is 4.74 Å². The summed E-state index contributed by atoms with van der Waals surface area (Å²) in [5, 5.41) is 8.76. The molecule has 0 saturated carbocycles. The monoisotopic (exact) mass is 285 g/mol. The lowest BCUT2D eigenvalue weighted by Crippen LogP contribution is -2.31. The van der Waals surface area contributed by atoms with Crippen LogP contribution in [0.1, 0.15) is 12.5 Å². The molecule has 0 radical (unpaired) electrons. The molecule has 3 rings (SSSR count). The Balaban J connectivity index is 1.40. The van der Waals surface area contributed by atoms with E-state index in [4.69, 9.17) is 10.00 Å². The molecule has 0 N–H and O–H groups in total. The van der Waals surface area contributed by atoms with E-state index < -0.39 is 0 Å².